The van der Waals surface area contributed by atoms with Gasteiger partial charge in [0, 0.05) is 23.6 Å². The maximum Gasteiger partial charge on any atom is 0.238 e. The zero-order chi connectivity index (χ0) is 25.1. The number of ether oxygens (including phenoxy) is 2. The second-order valence-electron chi connectivity index (χ2n) is 8.62. The molecular weight excluding hydrogens is 414 g/mol. The first-order valence-electron chi connectivity index (χ1n) is 11.4. The number of nitrogens with one attached hydrogen (secondary N) is 1. The predicted molar refractivity (Wildman–Crippen MR) is 138 cm³/mol. The highest BCUT2D eigenvalue weighted by atomic mass is 16.5. The Morgan fingerprint density at radius 2 is 1.79 bits per heavy atom. The third kappa shape index (κ3) is 8.58. The quantitative estimate of drug-likeness (QED) is 0.317. The van der Waals surface area contributed by atoms with Crippen LogP contribution in [0.3, 0.4) is 0 Å². The average molecular weight is 456 g/mol. The van der Waals surface area contributed by atoms with Crippen molar-refractivity contribution in [3.05, 3.63) is 80.2 Å². The number of aromatic amines is 1. The van der Waals surface area contributed by atoms with Gasteiger partial charge in [0.15, 0.2) is 0 Å². The number of aromatic nitrogens is 1. The fourth-order valence-corrected chi connectivity index (χ4v) is 3.53. The molecule has 1 aromatic rings. The summed E-state index contributed by atoms with van der Waals surface area (Å²) in [6.07, 6.45) is 13.4. The molecule has 1 aromatic heterocycles. The van der Waals surface area contributed by atoms with Crippen molar-refractivity contribution in [1.29, 1.82) is 0 Å². The number of hydrogen-bond acceptors (Lipinski definition) is 4. The van der Waals surface area contributed by atoms with Gasteiger partial charge in [-0.15, -0.1) is 0 Å². The van der Waals surface area contributed by atoms with Gasteiger partial charge in [-0.2, -0.15) is 0 Å². The normalized spacial score (nSPS) is 15.7. The first-order valence-corrected chi connectivity index (χ1v) is 11.4. The Bertz CT molecular complexity index is 1010. The first-order chi connectivity index (χ1) is 15.5. The smallest absolute Gasteiger partial charge is 0.238 e. The minimum absolute atomic E-state index is 0.0250. The van der Waals surface area contributed by atoms with Gasteiger partial charge in [0.1, 0.15) is 0 Å². The van der Waals surface area contributed by atoms with Crippen molar-refractivity contribution in [1.82, 2.24) is 4.98 Å². The zero-order valence-electron chi connectivity index (χ0n) is 21.7. The van der Waals surface area contributed by atoms with Crippen LogP contribution >= 0.6 is 0 Å². The van der Waals surface area contributed by atoms with E-state index in [0.29, 0.717) is 17.9 Å². The molecule has 1 heterocycles. The van der Waals surface area contributed by atoms with Gasteiger partial charge < -0.3 is 19.6 Å². The Morgan fingerprint density at radius 3 is 2.36 bits per heavy atom. The maximum absolute atomic E-state index is 12.5. The summed E-state index contributed by atoms with van der Waals surface area (Å²) in [6, 6.07) is 0. The van der Waals surface area contributed by atoms with Gasteiger partial charge in [0.25, 0.3) is 0 Å². The largest absolute Gasteiger partial charge is 0.488 e. The minimum atomic E-state index is -0.503. The highest BCUT2D eigenvalue weighted by Gasteiger charge is 2.15. The van der Waals surface area contributed by atoms with E-state index in [1.54, 1.807) is 6.92 Å². The number of rotatable bonds is 11. The molecule has 0 aliphatic rings. The third-order valence-corrected chi connectivity index (χ3v) is 5.75. The van der Waals surface area contributed by atoms with E-state index < -0.39 is 6.10 Å². The van der Waals surface area contributed by atoms with Crippen LogP contribution in [-0.4, -0.2) is 30.4 Å². The van der Waals surface area contributed by atoms with E-state index in [0.717, 1.165) is 28.8 Å². The highest BCUT2D eigenvalue weighted by molar-refractivity contribution is 5.40. The topological polar surface area (TPSA) is 71.6 Å². The van der Waals surface area contributed by atoms with E-state index in [1.807, 2.05) is 46.8 Å². The molecule has 0 saturated heterocycles. The van der Waals surface area contributed by atoms with Gasteiger partial charge >= 0.3 is 0 Å². The Kier molecular flexibility index (Phi) is 11.7. The molecule has 5 nitrogen and oxygen atoms in total. The lowest BCUT2D eigenvalue weighted by Crippen LogP contribution is -2.17. The van der Waals surface area contributed by atoms with Crippen LogP contribution in [0.25, 0.3) is 0 Å². The number of allylic oxidation sites excluding steroid dienone is 8. The van der Waals surface area contributed by atoms with Gasteiger partial charge in [-0.3, -0.25) is 4.79 Å². The molecule has 0 spiro atoms. The Morgan fingerprint density at radius 1 is 1.12 bits per heavy atom. The molecule has 0 fully saturated rings. The van der Waals surface area contributed by atoms with Crippen LogP contribution in [0.2, 0.25) is 0 Å². The standard InChI is InChI=1S/C28H41NO4/c1-10-18(2)16-21(5)25(30)22(6)17-20(4)13-11-12-19(3)14-15-24-23(7)26(31)27(32-8)28(29-24)33-9/h10-11,13-14,16-17,22,25,30H,12,15H2,1-9H3,(H,29,31)/b13-11+,18-10+,19-14+,20-17+,21-16+/t22-,25+/m1/s1. The molecule has 1 rings (SSSR count). The molecule has 33 heavy (non-hydrogen) atoms. The van der Waals surface area contributed by atoms with E-state index in [1.165, 1.54) is 19.8 Å². The summed E-state index contributed by atoms with van der Waals surface area (Å²) in [7, 11) is 2.97. The van der Waals surface area contributed by atoms with E-state index in [9.17, 15) is 9.90 Å². The van der Waals surface area contributed by atoms with Crippen LogP contribution in [0.1, 0.15) is 59.2 Å². The van der Waals surface area contributed by atoms with E-state index in [2.05, 4.69) is 36.2 Å². The van der Waals surface area contributed by atoms with Crippen molar-refractivity contribution in [3.63, 3.8) is 0 Å². The number of aliphatic hydroxyl groups is 1. The lowest BCUT2D eigenvalue weighted by Gasteiger charge is -2.17. The van der Waals surface area contributed by atoms with E-state index in [-0.39, 0.29) is 17.1 Å². The van der Waals surface area contributed by atoms with Crippen LogP contribution in [-0.2, 0) is 6.42 Å². The molecule has 2 atom stereocenters. The van der Waals surface area contributed by atoms with Crippen LogP contribution in [0.5, 0.6) is 11.6 Å². The molecule has 0 amide bonds. The monoisotopic (exact) mass is 455 g/mol. The highest BCUT2D eigenvalue weighted by Crippen LogP contribution is 2.22. The summed E-state index contributed by atoms with van der Waals surface area (Å²) in [6.45, 7) is 13.9. The number of pyridine rings is 1. The summed E-state index contributed by atoms with van der Waals surface area (Å²) in [5.74, 6) is 0.570. The van der Waals surface area contributed by atoms with Crippen molar-refractivity contribution in [2.24, 2.45) is 5.92 Å². The molecule has 0 aliphatic carbocycles. The Hall–Kier alpha value is -2.79. The maximum atomic E-state index is 12.5. The zero-order valence-corrected chi connectivity index (χ0v) is 21.7. The molecule has 0 aliphatic heterocycles. The molecule has 0 aromatic carbocycles. The Balaban J connectivity index is 2.81. The number of methoxy groups -OCH3 is 2. The molecule has 182 valence electrons. The number of H-pyrrole nitrogens is 1. The van der Waals surface area contributed by atoms with Crippen LogP contribution in [0.4, 0.5) is 0 Å². The second-order valence-corrected chi connectivity index (χ2v) is 8.62. The first kappa shape index (κ1) is 28.2. The summed E-state index contributed by atoms with van der Waals surface area (Å²) in [4.78, 5) is 15.6. The van der Waals surface area contributed by atoms with Gasteiger partial charge in [-0.05, 0) is 53.5 Å². The fourth-order valence-electron chi connectivity index (χ4n) is 3.53. The summed E-state index contributed by atoms with van der Waals surface area (Å²) < 4.78 is 10.4. The predicted octanol–water partition coefficient (Wildman–Crippen LogP) is 5.99. The summed E-state index contributed by atoms with van der Waals surface area (Å²) in [5.41, 5.74) is 5.72. The molecule has 0 radical (unpaired) electrons. The summed E-state index contributed by atoms with van der Waals surface area (Å²) >= 11 is 0. The van der Waals surface area contributed by atoms with Gasteiger partial charge in [0.2, 0.25) is 17.1 Å². The van der Waals surface area contributed by atoms with Crippen molar-refractivity contribution in [3.8, 4) is 11.6 Å². The van der Waals surface area contributed by atoms with Crippen molar-refractivity contribution in [2.45, 2.75) is 67.4 Å². The van der Waals surface area contributed by atoms with Crippen LogP contribution < -0.4 is 14.9 Å². The molecule has 0 bridgehead atoms. The molecular formula is C28H41NO4. The van der Waals surface area contributed by atoms with E-state index >= 15 is 0 Å². The third-order valence-electron chi connectivity index (χ3n) is 5.75. The van der Waals surface area contributed by atoms with Crippen LogP contribution in [0, 0.1) is 12.8 Å². The minimum Gasteiger partial charge on any atom is -0.488 e. The van der Waals surface area contributed by atoms with Gasteiger partial charge in [-0.25, -0.2) is 0 Å². The Labute approximate surface area is 199 Å². The fraction of sp³-hybridized carbons (Fsp3) is 0.464. The van der Waals surface area contributed by atoms with Crippen molar-refractivity contribution < 1.29 is 14.6 Å². The average Bonchev–Trinajstić information content (AvgIpc) is 2.78. The number of hydrogen-bond donors (Lipinski definition) is 2. The summed E-state index contributed by atoms with van der Waals surface area (Å²) in [5, 5.41) is 10.6. The lowest BCUT2D eigenvalue weighted by molar-refractivity contribution is 0.173. The van der Waals surface area contributed by atoms with Gasteiger partial charge in [0.05, 0.1) is 20.3 Å². The second kappa shape index (κ2) is 13.7. The number of aliphatic hydroxyl groups excluding tert-OH is 1. The van der Waals surface area contributed by atoms with Crippen LogP contribution in [0.15, 0.2) is 63.5 Å². The van der Waals surface area contributed by atoms with Crippen molar-refractivity contribution in [2.75, 3.05) is 14.2 Å². The van der Waals surface area contributed by atoms with Gasteiger partial charge in [-0.1, -0.05) is 60.1 Å². The molecule has 2 N–H and O–H groups in total. The van der Waals surface area contributed by atoms with Crippen molar-refractivity contribution >= 4 is 0 Å². The lowest BCUT2D eigenvalue weighted by atomic mass is 9.95. The molecule has 0 saturated carbocycles. The molecule has 0 unspecified atom stereocenters. The SMILES string of the molecule is C/C=C(C)/C=C(\C)[C@H](O)[C@H](C)/C=C(C)/C=C/C/C(C)=C/Cc1[nH]c(OC)c(OC)c(=O)c1C. The molecule has 5 heteroatoms. The van der Waals surface area contributed by atoms with E-state index in [4.69, 9.17) is 9.47 Å².